The van der Waals surface area contributed by atoms with Crippen LogP contribution in [0.15, 0.2) is 42.5 Å². The van der Waals surface area contributed by atoms with Gasteiger partial charge in [-0.1, -0.05) is 11.6 Å². The van der Waals surface area contributed by atoms with Crippen molar-refractivity contribution in [1.29, 1.82) is 0 Å². The molecule has 150 valence electrons. The second-order valence-electron chi connectivity index (χ2n) is 6.03. The van der Waals surface area contributed by atoms with Crippen LogP contribution >= 0.6 is 22.9 Å². The molecule has 2 aromatic carbocycles. The van der Waals surface area contributed by atoms with Crippen molar-refractivity contribution in [3.8, 4) is 16.3 Å². The van der Waals surface area contributed by atoms with Crippen molar-refractivity contribution >= 4 is 40.5 Å². The summed E-state index contributed by atoms with van der Waals surface area (Å²) in [6.07, 6.45) is 0. The molecule has 1 amide bonds. The van der Waals surface area contributed by atoms with Gasteiger partial charge in [-0.05, 0) is 56.3 Å². The van der Waals surface area contributed by atoms with E-state index in [0.717, 1.165) is 16.3 Å². The summed E-state index contributed by atoms with van der Waals surface area (Å²) in [4.78, 5) is 29.5. The van der Waals surface area contributed by atoms with Gasteiger partial charge in [0.2, 0.25) is 0 Å². The van der Waals surface area contributed by atoms with E-state index in [1.165, 1.54) is 30.6 Å². The van der Waals surface area contributed by atoms with Crippen molar-refractivity contribution in [1.82, 2.24) is 4.98 Å². The van der Waals surface area contributed by atoms with Crippen LogP contribution in [-0.2, 0) is 4.74 Å². The van der Waals surface area contributed by atoms with Gasteiger partial charge in [-0.3, -0.25) is 4.79 Å². The number of aryl methyl sites for hydroxylation is 1. The summed E-state index contributed by atoms with van der Waals surface area (Å²) in [5.74, 6) is -0.0974. The first-order valence-electron chi connectivity index (χ1n) is 8.82. The summed E-state index contributed by atoms with van der Waals surface area (Å²) in [7, 11) is 1.27. The van der Waals surface area contributed by atoms with Crippen LogP contribution in [0.4, 0.5) is 5.69 Å². The molecule has 0 aliphatic carbocycles. The summed E-state index contributed by atoms with van der Waals surface area (Å²) in [6, 6.07) is 12.2. The van der Waals surface area contributed by atoms with Gasteiger partial charge in [0, 0.05) is 11.3 Å². The highest BCUT2D eigenvalue weighted by atomic mass is 35.5. The molecule has 8 heteroatoms. The minimum absolute atomic E-state index is 0.183. The molecule has 0 spiro atoms. The number of carbonyl (C=O) groups is 2. The molecule has 1 heterocycles. The van der Waals surface area contributed by atoms with Gasteiger partial charge < -0.3 is 14.8 Å². The van der Waals surface area contributed by atoms with Crippen molar-refractivity contribution in [2.75, 3.05) is 19.0 Å². The van der Waals surface area contributed by atoms with Crippen molar-refractivity contribution in [3.05, 3.63) is 63.6 Å². The number of ether oxygens (including phenoxy) is 2. The number of hydrogen-bond donors (Lipinski definition) is 1. The normalized spacial score (nSPS) is 10.5. The quantitative estimate of drug-likeness (QED) is 0.543. The van der Waals surface area contributed by atoms with E-state index in [0.29, 0.717) is 22.9 Å². The van der Waals surface area contributed by atoms with Crippen LogP contribution < -0.4 is 10.1 Å². The van der Waals surface area contributed by atoms with E-state index in [-0.39, 0.29) is 16.5 Å². The fraction of sp³-hybridized carbons (Fsp3) is 0.190. The summed E-state index contributed by atoms with van der Waals surface area (Å²) >= 11 is 7.32. The number of anilines is 1. The van der Waals surface area contributed by atoms with Crippen LogP contribution in [0, 0.1) is 6.92 Å². The Morgan fingerprint density at radius 1 is 1.17 bits per heavy atom. The lowest BCUT2D eigenvalue weighted by Gasteiger charge is -2.07. The zero-order chi connectivity index (χ0) is 21.0. The van der Waals surface area contributed by atoms with Crippen molar-refractivity contribution < 1.29 is 19.1 Å². The number of amides is 1. The highest BCUT2D eigenvalue weighted by Crippen LogP contribution is 2.30. The Bertz CT molecular complexity index is 1050. The molecule has 29 heavy (non-hydrogen) atoms. The minimum atomic E-state index is -0.571. The van der Waals surface area contributed by atoms with Crippen molar-refractivity contribution in [2.24, 2.45) is 0 Å². The fourth-order valence-corrected chi connectivity index (χ4v) is 3.81. The lowest BCUT2D eigenvalue weighted by molar-refractivity contribution is 0.0600. The summed E-state index contributed by atoms with van der Waals surface area (Å²) < 4.78 is 10.2. The Hall–Kier alpha value is -2.90. The van der Waals surface area contributed by atoms with Crippen molar-refractivity contribution in [3.63, 3.8) is 0 Å². The molecular weight excluding hydrogens is 412 g/mol. The topological polar surface area (TPSA) is 77.5 Å². The Balaban J connectivity index is 1.81. The van der Waals surface area contributed by atoms with E-state index < -0.39 is 5.97 Å². The number of thiazole rings is 1. The third-order valence-electron chi connectivity index (χ3n) is 4.04. The Kier molecular flexibility index (Phi) is 6.51. The number of nitrogens with zero attached hydrogens (tertiary/aromatic N) is 1. The molecular formula is C21H19ClN2O4S. The third-order valence-corrected chi connectivity index (χ3v) is 5.58. The average molecular weight is 431 g/mol. The Morgan fingerprint density at radius 2 is 1.90 bits per heavy atom. The number of methoxy groups -OCH3 is 1. The molecule has 3 aromatic rings. The fourth-order valence-electron chi connectivity index (χ4n) is 2.65. The standard InChI is InChI=1S/C21H19ClN2O4S/c1-4-28-15-8-5-13(6-9-15)20-23-12(2)18(29-20)19(25)24-14-7-10-17(22)16(11-14)21(26)27-3/h5-11H,4H2,1-3H3,(H,24,25). The maximum absolute atomic E-state index is 12.7. The molecule has 3 rings (SSSR count). The predicted octanol–water partition coefficient (Wildman–Crippen LogP) is 5.21. The van der Waals surface area contributed by atoms with Gasteiger partial charge in [-0.25, -0.2) is 9.78 Å². The van der Waals surface area contributed by atoms with Gasteiger partial charge >= 0.3 is 5.97 Å². The minimum Gasteiger partial charge on any atom is -0.494 e. The van der Waals surface area contributed by atoms with Crippen molar-refractivity contribution in [2.45, 2.75) is 13.8 Å². The number of benzene rings is 2. The Morgan fingerprint density at radius 3 is 2.55 bits per heavy atom. The number of esters is 1. The number of halogens is 1. The van der Waals surface area contributed by atoms with E-state index in [9.17, 15) is 9.59 Å². The summed E-state index contributed by atoms with van der Waals surface area (Å²) in [6.45, 7) is 4.31. The number of aromatic nitrogens is 1. The van der Waals surface area contributed by atoms with Crippen LogP contribution in [0.5, 0.6) is 5.75 Å². The highest BCUT2D eigenvalue weighted by Gasteiger charge is 2.18. The Labute approximate surface area is 177 Å². The predicted molar refractivity (Wildman–Crippen MR) is 114 cm³/mol. The highest BCUT2D eigenvalue weighted by molar-refractivity contribution is 7.17. The van der Waals surface area contributed by atoms with E-state index in [1.54, 1.807) is 13.0 Å². The first kappa shape index (κ1) is 20.8. The van der Waals surface area contributed by atoms with Gasteiger partial charge in [-0.2, -0.15) is 0 Å². The van der Waals surface area contributed by atoms with Gasteiger partial charge in [-0.15, -0.1) is 11.3 Å². The third kappa shape index (κ3) is 4.75. The maximum Gasteiger partial charge on any atom is 0.339 e. The first-order chi connectivity index (χ1) is 13.9. The van der Waals surface area contributed by atoms with E-state index in [4.69, 9.17) is 21.1 Å². The van der Waals surface area contributed by atoms with Crippen LogP contribution in [0.1, 0.15) is 32.6 Å². The van der Waals surface area contributed by atoms with Gasteiger partial charge in [0.25, 0.3) is 5.91 Å². The SMILES string of the molecule is CCOc1ccc(-c2nc(C)c(C(=O)Nc3ccc(Cl)c(C(=O)OC)c3)s2)cc1. The second kappa shape index (κ2) is 9.07. The van der Waals surface area contributed by atoms with Crippen LogP contribution in [-0.4, -0.2) is 30.6 Å². The number of carbonyl (C=O) groups excluding carboxylic acids is 2. The molecule has 1 aromatic heterocycles. The molecule has 0 saturated heterocycles. The van der Waals surface area contributed by atoms with E-state index in [1.807, 2.05) is 31.2 Å². The average Bonchev–Trinajstić information content (AvgIpc) is 3.11. The number of nitrogens with one attached hydrogen (secondary N) is 1. The molecule has 0 saturated carbocycles. The molecule has 0 bridgehead atoms. The van der Waals surface area contributed by atoms with Crippen LogP contribution in [0.25, 0.3) is 10.6 Å². The molecule has 0 radical (unpaired) electrons. The summed E-state index contributed by atoms with van der Waals surface area (Å²) in [5.41, 5.74) is 2.15. The molecule has 6 nitrogen and oxygen atoms in total. The summed E-state index contributed by atoms with van der Waals surface area (Å²) in [5, 5.41) is 3.77. The zero-order valence-corrected chi connectivity index (χ0v) is 17.7. The first-order valence-corrected chi connectivity index (χ1v) is 10.0. The lowest BCUT2D eigenvalue weighted by Crippen LogP contribution is -2.12. The zero-order valence-electron chi connectivity index (χ0n) is 16.1. The largest absolute Gasteiger partial charge is 0.494 e. The molecule has 0 aliphatic heterocycles. The maximum atomic E-state index is 12.7. The molecule has 0 aliphatic rings. The smallest absolute Gasteiger partial charge is 0.339 e. The van der Waals surface area contributed by atoms with E-state index >= 15 is 0 Å². The van der Waals surface area contributed by atoms with Gasteiger partial charge in [0.1, 0.15) is 15.6 Å². The number of hydrogen-bond acceptors (Lipinski definition) is 6. The molecule has 0 atom stereocenters. The van der Waals surface area contributed by atoms with Crippen LogP contribution in [0.2, 0.25) is 5.02 Å². The molecule has 1 N–H and O–H groups in total. The molecule has 0 unspecified atom stereocenters. The second-order valence-corrected chi connectivity index (χ2v) is 7.44. The van der Waals surface area contributed by atoms with Gasteiger partial charge in [0.05, 0.1) is 30.0 Å². The molecule has 0 fully saturated rings. The van der Waals surface area contributed by atoms with Gasteiger partial charge in [0.15, 0.2) is 0 Å². The monoisotopic (exact) mass is 430 g/mol. The number of rotatable bonds is 6. The lowest BCUT2D eigenvalue weighted by atomic mass is 10.2. The van der Waals surface area contributed by atoms with Crippen LogP contribution in [0.3, 0.4) is 0 Å². The van der Waals surface area contributed by atoms with E-state index in [2.05, 4.69) is 10.3 Å².